The van der Waals surface area contributed by atoms with E-state index >= 15 is 0 Å². The molecule has 0 spiro atoms. The molecule has 15 heavy (non-hydrogen) atoms. The summed E-state index contributed by atoms with van der Waals surface area (Å²) < 4.78 is 27.5. The molecule has 0 amide bonds. The third-order valence-electron chi connectivity index (χ3n) is 2.47. The molecule has 0 radical (unpaired) electrons. The van der Waals surface area contributed by atoms with E-state index in [1.807, 2.05) is 0 Å². The number of sulfone groups is 1. The van der Waals surface area contributed by atoms with E-state index in [-0.39, 0.29) is 11.7 Å². The molecular formula is C8H11BrN2O3S. The normalized spacial score (nSPS) is 25.3. The van der Waals surface area contributed by atoms with Crippen molar-refractivity contribution in [2.45, 2.75) is 19.3 Å². The predicted molar refractivity (Wildman–Crippen MR) is 57.1 cm³/mol. The van der Waals surface area contributed by atoms with E-state index in [9.17, 15) is 8.42 Å². The van der Waals surface area contributed by atoms with Gasteiger partial charge >= 0.3 is 0 Å². The van der Waals surface area contributed by atoms with Gasteiger partial charge in [-0.05, 0) is 18.8 Å². The number of hydrogen-bond donors (Lipinski definition) is 0. The Morgan fingerprint density at radius 1 is 1.53 bits per heavy atom. The minimum Gasteiger partial charge on any atom is -0.327 e. The van der Waals surface area contributed by atoms with E-state index < -0.39 is 9.84 Å². The number of rotatable bonds is 2. The zero-order valence-electron chi connectivity index (χ0n) is 8.02. The zero-order valence-corrected chi connectivity index (χ0v) is 10.4. The van der Waals surface area contributed by atoms with Crippen LogP contribution in [0.25, 0.3) is 0 Å². The summed E-state index contributed by atoms with van der Waals surface area (Å²) in [5.41, 5.74) is 0. The maximum absolute atomic E-state index is 11.4. The van der Waals surface area contributed by atoms with E-state index in [2.05, 4.69) is 26.1 Å². The van der Waals surface area contributed by atoms with Crippen molar-refractivity contribution in [3.63, 3.8) is 0 Å². The van der Waals surface area contributed by atoms with Crippen molar-refractivity contribution in [2.75, 3.05) is 11.5 Å². The van der Waals surface area contributed by atoms with Crippen LogP contribution < -0.4 is 0 Å². The van der Waals surface area contributed by atoms with E-state index in [4.69, 9.17) is 4.52 Å². The minimum atomic E-state index is -2.84. The standard InChI is InChI=1S/C8H11BrN2O3S/c9-8-10-7(11-14-8)4-6-2-1-3-15(12,13)5-6/h6H,1-5H2. The molecule has 1 saturated heterocycles. The molecule has 1 aliphatic rings. The highest BCUT2D eigenvalue weighted by molar-refractivity contribution is 9.10. The molecule has 84 valence electrons. The van der Waals surface area contributed by atoms with Crippen molar-refractivity contribution in [3.8, 4) is 0 Å². The summed E-state index contributed by atoms with van der Waals surface area (Å²) in [5, 5.41) is 3.73. The van der Waals surface area contributed by atoms with Crippen molar-refractivity contribution in [3.05, 3.63) is 10.6 Å². The van der Waals surface area contributed by atoms with Crippen molar-refractivity contribution in [2.24, 2.45) is 5.92 Å². The van der Waals surface area contributed by atoms with Gasteiger partial charge in [-0.2, -0.15) is 4.98 Å². The van der Waals surface area contributed by atoms with Crippen LogP contribution in [-0.2, 0) is 16.3 Å². The van der Waals surface area contributed by atoms with E-state index in [1.54, 1.807) is 0 Å². The molecule has 1 unspecified atom stereocenters. The van der Waals surface area contributed by atoms with Crippen molar-refractivity contribution < 1.29 is 12.9 Å². The lowest BCUT2D eigenvalue weighted by Gasteiger charge is -2.20. The third-order valence-corrected chi connectivity index (χ3v) is 4.68. The molecular weight excluding hydrogens is 284 g/mol. The Morgan fingerprint density at radius 2 is 2.33 bits per heavy atom. The fourth-order valence-corrected chi connectivity index (χ4v) is 3.91. The molecule has 1 atom stereocenters. The van der Waals surface area contributed by atoms with Gasteiger partial charge in [0, 0.05) is 22.4 Å². The zero-order chi connectivity index (χ0) is 10.9. The van der Waals surface area contributed by atoms with Gasteiger partial charge in [0.15, 0.2) is 15.7 Å². The van der Waals surface area contributed by atoms with Gasteiger partial charge in [-0.25, -0.2) is 8.42 Å². The minimum absolute atomic E-state index is 0.133. The largest absolute Gasteiger partial charge is 0.327 e. The van der Waals surface area contributed by atoms with Gasteiger partial charge in [-0.1, -0.05) is 5.16 Å². The third kappa shape index (κ3) is 3.01. The van der Waals surface area contributed by atoms with Gasteiger partial charge in [-0.15, -0.1) is 0 Å². The van der Waals surface area contributed by atoms with Gasteiger partial charge in [0.25, 0.3) is 4.80 Å². The Bertz CT molecular complexity index is 442. The molecule has 0 aliphatic carbocycles. The Hall–Kier alpha value is -0.430. The number of hydrogen-bond acceptors (Lipinski definition) is 5. The number of aromatic nitrogens is 2. The van der Waals surface area contributed by atoms with E-state index in [0.717, 1.165) is 12.8 Å². The van der Waals surface area contributed by atoms with Gasteiger partial charge in [0.05, 0.1) is 11.5 Å². The second kappa shape index (κ2) is 4.21. The molecule has 2 rings (SSSR count). The predicted octanol–water partition coefficient (Wildman–Crippen LogP) is 1.20. The number of nitrogens with zero attached hydrogens (tertiary/aromatic N) is 2. The molecule has 1 fully saturated rings. The highest BCUT2D eigenvalue weighted by Crippen LogP contribution is 2.21. The van der Waals surface area contributed by atoms with E-state index in [0.29, 0.717) is 22.8 Å². The van der Waals surface area contributed by atoms with Crippen LogP contribution >= 0.6 is 15.9 Å². The van der Waals surface area contributed by atoms with E-state index in [1.165, 1.54) is 0 Å². The molecule has 0 bridgehead atoms. The molecule has 2 heterocycles. The first-order valence-electron chi connectivity index (χ1n) is 4.74. The maximum Gasteiger partial charge on any atom is 0.293 e. The quantitative estimate of drug-likeness (QED) is 0.819. The second-order valence-corrected chi connectivity index (χ2v) is 6.70. The smallest absolute Gasteiger partial charge is 0.293 e. The SMILES string of the molecule is O=S1(=O)CCCC(Cc2noc(Br)n2)C1. The highest BCUT2D eigenvalue weighted by Gasteiger charge is 2.26. The Labute approximate surface area is 96.3 Å². The molecule has 1 aliphatic heterocycles. The van der Waals surface area contributed by atoms with Gasteiger partial charge in [0.2, 0.25) is 0 Å². The summed E-state index contributed by atoms with van der Waals surface area (Å²) >= 11 is 3.06. The fourth-order valence-electron chi connectivity index (χ4n) is 1.85. The van der Waals surface area contributed by atoms with Gasteiger partial charge in [-0.3, -0.25) is 0 Å². The van der Waals surface area contributed by atoms with Crippen LogP contribution in [0.1, 0.15) is 18.7 Å². The van der Waals surface area contributed by atoms with Crippen LogP contribution in [0.15, 0.2) is 9.32 Å². The van der Waals surface area contributed by atoms with Crippen LogP contribution in [0.2, 0.25) is 0 Å². The van der Waals surface area contributed by atoms with Crippen LogP contribution in [0.4, 0.5) is 0 Å². The summed E-state index contributed by atoms with van der Waals surface area (Å²) in [6, 6.07) is 0. The highest BCUT2D eigenvalue weighted by atomic mass is 79.9. The first-order valence-corrected chi connectivity index (χ1v) is 7.35. The van der Waals surface area contributed by atoms with Crippen LogP contribution in [0.3, 0.4) is 0 Å². The van der Waals surface area contributed by atoms with Gasteiger partial charge < -0.3 is 4.52 Å². The first kappa shape index (κ1) is 11.1. The molecule has 5 nitrogen and oxygen atoms in total. The maximum atomic E-state index is 11.4. The van der Waals surface area contributed by atoms with Crippen LogP contribution in [0, 0.1) is 5.92 Å². The summed E-state index contributed by atoms with van der Waals surface area (Å²) in [6.45, 7) is 0. The summed E-state index contributed by atoms with van der Waals surface area (Å²) in [7, 11) is -2.84. The topological polar surface area (TPSA) is 73.1 Å². The van der Waals surface area contributed by atoms with Crippen LogP contribution in [0.5, 0.6) is 0 Å². The van der Waals surface area contributed by atoms with Crippen molar-refractivity contribution >= 4 is 25.8 Å². The average molecular weight is 295 g/mol. The Kier molecular flexibility index (Phi) is 3.11. The van der Waals surface area contributed by atoms with Crippen molar-refractivity contribution in [1.29, 1.82) is 0 Å². The Balaban J connectivity index is 2.01. The molecule has 7 heteroatoms. The van der Waals surface area contributed by atoms with Crippen LogP contribution in [-0.4, -0.2) is 30.1 Å². The molecule has 0 saturated carbocycles. The average Bonchev–Trinajstić information content (AvgIpc) is 2.49. The molecule has 0 aromatic carbocycles. The lowest BCUT2D eigenvalue weighted by molar-refractivity contribution is 0.383. The summed E-state index contributed by atoms with van der Waals surface area (Å²) in [6.07, 6.45) is 2.24. The molecule has 1 aromatic rings. The molecule has 0 N–H and O–H groups in total. The van der Waals surface area contributed by atoms with Crippen molar-refractivity contribution in [1.82, 2.24) is 10.1 Å². The molecule has 1 aromatic heterocycles. The first-order chi connectivity index (χ1) is 7.05. The summed E-state index contributed by atoms with van der Waals surface area (Å²) in [4.78, 5) is 4.34. The fraction of sp³-hybridized carbons (Fsp3) is 0.750. The second-order valence-electron chi connectivity index (χ2n) is 3.79. The summed E-state index contributed by atoms with van der Waals surface area (Å²) in [5.74, 6) is 1.27. The number of halogens is 1. The van der Waals surface area contributed by atoms with Gasteiger partial charge in [0.1, 0.15) is 0 Å². The Morgan fingerprint density at radius 3 is 2.93 bits per heavy atom. The lowest BCUT2D eigenvalue weighted by atomic mass is 10.0. The monoisotopic (exact) mass is 294 g/mol. The lowest BCUT2D eigenvalue weighted by Crippen LogP contribution is -2.26.